The van der Waals surface area contributed by atoms with Gasteiger partial charge in [0.2, 0.25) is 11.8 Å². The van der Waals surface area contributed by atoms with Gasteiger partial charge in [0.15, 0.2) is 0 Å². The number of ether oxygens (including phenoxy) is 4. The molecule has 232 valence electrons. The van der Waals surface area contributed by atoms with Crippen LogP contribution >= 0.6 is 0 Å². The Hall–Kier alpha value is -2.86. The molecule has 1 aliphatic rings. The number of hydrogen-bond donors (Lipinski definition) is 2. The Morgan fingerprint density at radius 3 is 1.19 bits per heavy atom. The maximum absolute atomic E-state index is 13.0. The number of anilines is 2. The molecule has 1 saturated heterocycles. The topological polar surface area (TPSA) is 102 Å². The van der Waals surface area contributed by atoms with Crippen molar-refractivity contribution < 1.29 is 28.5 Å². The van der Waals surface area contributed by atoms with Gasteiger partial charge in [0, 0.05) is 37.6 Å². The van der Waals surface area contributed by atoms with E-state index in [4.69, 9.17) is 18.9 Å². The minimum Gasteiger partial charge on any atom is -0.378 e. The largest absolute Gasteiger partial charge is 0.378 e. The lowest BCUT2D eigenvalue weighted by Gasteiger charge is -2.29. The molecule has 1 aliphatic heterocycles. The van der Waals surface area contributed by atoms with Gasteiger partial charge in [-0.15, -0.1) is 0 Å². The van der Waals surface area contributed by atoms with Gasteiger partial charge in [-0.25, -0.2) is 0 Å². The Kier molecular flexibility index (Phi) is 14.9. The Labute approximate surface area is 250 Å². The number of benzene rings is 2. The van der Waals surface area contributed by atoms with Crippen LogP contribution in [0, 0.1) is 13.8 Å². The number of aryl methyl sites for hydroxylation is 2. The fraction of sp³-hybridized carbons (Fsp3) is 0.562. The van der Waals surface area contributed by atoms with Crippen LogP contribution in [0.1, 0.15) is 25.0 Å². The second kappa shape index (κ2) is 18.6. The number of para-hydroxylation sites is 2. The van der Waals surface area contributed by atoms with Gasteiger partial charge in [0.25, 0.3) is 0 Å². The average Bonchev–Trinajstić information content (AvgIpc) is 2.98. The van der Waals surface area contributed by atoms with E-state index in [1.807, 2.05) is 76.2 Å². The standard InChI is InChI=1S/C32H48N4O6/c1-25-9-5-7-11-29(25)33-31(37)27(3)35-13-17-39-21-23-41-19-15-36(16-20-42-24-22-40-18-14-35)28(4)32(38)34-30-12-8-6-10-26(30)2/h5-12,27-28H,13-24H2,1-4H3,(H,33,37)(H,34,38). The summed E-state index contributed by atoms with van der Waals surface area (Å²) in [5, 5.41) is 6.08. The van der Waals surface area contributed by atoms with Gasteiger partial charge in [0.05, 0.1) is 64.9 Å². The zero-order valence-corrected chi connectivity index (χ0v) is 25.6. The van der Waals surface area contributed by atoms with Crippen molar-refractivity contribution in [3.63, 3.8) is 0 Å². The first kappa shape index (κ1) is 33.6. The molecule has 1 heterocycles. The van der Waals surface area contributed by atoms with Crippen molar-refractivity contribution >= 4 is 23.2 Å². The third-order valence-electron chi connectivity index (χ3n) is 7.50. The predicted molar refractivity (Wildman–Crippen MR) is 165 cm³/mol. The van der Waals surface area contributed by atoms with Crippen LogP contribution in [-0.4, -0.2) is 113 Å². The predicted octanol–water partition coefficient (Wildman–Crippen LogP) is 3.34. The zero-order valence-electron chi connectivity index (χ0n) is 25.6. The van der Waals surface area contributed by atoms with Crippen LogP contribution < -0.4 is 10.6 Å². The Morgan fingerprint density at radius 1 is 0.571 bits per heavy atom. The average molecular weight is 585 g/mol. The number of rotatable bonds is 6. The van der Waals surface area contributed by atoms with E-state index in [1.165, 1.54) is 0 Å². The van der Waals surface area contributed by atoms with Crippen molar-refractivity contribution in [1.82, 2.24) is 9.80 Å². The quantitative estimate of drug-likeness (QED) is 0.533. The van der Waals surface area contributed by atoms with Crippen LogP contribution in [-0.2, 0) is 28.5 Å². The van der Waals surface area contributed by atoms with Gasteiger partial charge in [-0.05, 0) is 51.0 Å². The van der Waals surface area contributed by atoms with Crippen LogP contribution in [0.2, 0.25) is 0 Å². The summed E-state index contributed by atoms with van der Waals surface area (Å²) in [4.78, 5) is 30.2. The Morgan fingerprint density at radius 2 is 0.881 bits per heavy atom. The molecule has 2 amide bonds. The highest BCUT2D eigenvalue weighted by Crippen LogP contribution is 2.15. The number of nitrogens with zero attached hydrogens (tertiary/aromatic N) is 2. The van der Waals surface area contributed by atoms with E-state index in [1.54, 1.807) is 0 Å². The van der Waals surface area contributed by atoms with E-state index < -0.39 is 0 Å². The summed E-state index contributed by atoms with van der Waals surface area (Å²) in [5.74, 6) is -0.131. The maximum atomic E-state index is 13.0. The van der Waals surface area contributed by atoms with E-state index in [9.17, 15) is 9.59 Å². The van der Waals surface area contributed by atoms with Crippen LogP contribution in [0.25, 0.3) is 0 Å². The maximum Gasteiger partial charge on any atom is 0.241 e. The molecule has 2 aromatic rings. The van der Waals surface area contributed by atoms with Gasteiger partial charge in [-0.2, -0.15) is 0 Å². The smallest absolute Gasteiger partial charge is 0.241 e. The normalized spacial score (nSPS) is 19.1. The molecule has 10 heteroatoms. The lowest BCUT2D eigenvalue weighted by molar-refractivity contribution is -0.122. The van der Waals surface area contributed by atoms with E-state index in [2.05, 4.69) is 20.4 Å². The Balaban J connectivity index is 1.49. The van der Waals surface area contributed by atoms with Crippen molar-refractivity contribution in [1.29, 1.82) is 0 Å². The first-order valence-electron chi connectivity index (χ1n) is 14.9. The van der Waals surface area contributed by atoms with E-state index in [-0.39, 0.29) is 23.9 Å². The fourth-order valence-electron chi connectivity index (χ4n) is 4.60. The molecule has 2 atom stereocenters. The second-order valence-electron chi connectivity index (χ2n) is 10.5. The molecule has 0 aromatic heterocycles. The summed E-state index contributed by atoms with van der Waals surface area (Å²) >= 11 is 0. The van der Waals surface area contributed by atoms with Crippen LogP contribution in [0.15, 0.2) is 48.5 Å². The summed E-state index contributed by atoms with van der Waals surface area (Å²) in [6.45, 7) is 13.8. The van der Waals surface area contributed by atoms with Crippen molar-refractivity contribution in [2.24, 2.45) is 0 Å². The summed E-state index contributed by atoms with van der Waals surface area (Å²) < 4.78 is 23.3. The van der Waals surface area contributed by atoms with E-state index in [0.29, 0.717) is 79.0 Å². The first-order chi connectivity index (χ1) is 20.4. The van der Waals surface area contributed by atoms with Gasteiger partial charge in [-0.1, -0.05) is 36.4 Å². The van der Waals surface area contributed by atoms with E-state index >= 15 is 0 Å². The summed E-state index contributed by atoms with van der Waals surface area (Å²) in [5.41, 5.74) is 3.68. The van der Waals surface area contributed by atoms with Gasteiger partial charge >= 0.3 is 0 Å². The highest BCUT2D eigenvalue weighted by atomic mass is 16.5. The number of amides is 2. The minimum absolute atomic E-state index is 0.0653. The first-order valence-corrected chi connectivity index (χ1v) is 14.9. The van der Waals surface area contributed by atoms with Gasteiger partial charge in [0.1, 0.15) is 0 Å². The molecule has 42 heavy (non-hydrogen) atoms. The molecule has 2 aromatic carbocycles. The highest BCUT2D eigenvalue weighted by molar-refractivity contribution is 5.95. The third kappa shape index (κ3) is 11.4. The SMILES string of the molecule is Cc1ccccc1NC(=O)C(C)N1CCOCCOCCN(C(C)C(=O)Nc2ccccc2C)CCOCCOCC1. The van der Waals surface area contributed by atoms with Gasteiger partial charge < -0.3 is 29.6 Å². The molecular formula is C32H48N4O6. The molecular weight excluding hydrogens is 536 g/mol. The molecule has 0 bridgehead atoms. The fourth-order valence-corrected chi connectivity index (χ4v) is 4.60. The summed E-state index contributed by atoms with van der Waals surface area (Å²) in [6.07, 6.45) is 0. The molecule has 3 rings (SSSR count). The number of carbonyl (C=O) groups excluding carboxylic acids is 2. The summed E-state index contributed by atoms with van der Waals surface area (Å²) in [6, 6.07) is 14.8. The van der Waals surface area contributed by atoms with Crippen molar-refractivity contribution in [3.8, 4) is 0 Å². The van der Waals surface area contributed by atoms with Crippen LogP contribution in [0.3, 0.4) is 0 Å². The van der Waals surface area contributed by atoms with E-state index in [0.717, 1.165) is 22.5 Å². The molecule has 1 fully saturated rings. The molecule has 2 N–H and O–H groups in total. The van der Waals surface area contributed by atoms with Crippen LogP contribution in [0.4, 0.5) is 11.4 Å². The molecule has 0 saturated carbocycles. The zero-order chi connectivity index (χ0) is 30.2. The van der Waals surface area contributed by atoms with Crippen molar-refractivity contribution in [2.45, 2.75) is 39.8 Å². The number of nitrogens with one attached hydrogen (secondary N) is 2. The van der Waals surface area contributed by atoms with Crippen molar-refractivity contribution in [2.75, 3.05) is 89.7 Å². The van der Waals surface area contributed by atoms with Crippen LogP contribution in [0.5, 0.6) is 0 Å². The lowest BCUT2D eigenvalue weighted by Crippen LogP contribution is -2.45. The lowest BCUT2D eigenvalue weighted by atomic mass is 10.2. The summed E-state index contributed by atoms with van der Waals surface area (Å²) in [7, 11) is 0. The second-order valence-corrected chi connectivity index (χ2v) is 10.5. The number of hydrogen-bond acceptors (Lipinski definition) is 8. The highest BCUT2D eigenvalue weighted by Gasteiger charge is 2.23. The molecule has 0 spiro atoms. The molecule has 0 radical (unpaired) electrons. The minimum atomic E-state index is -0.356. The number of carbonyl (C=O) groups is 2. The molecule has 0 aliphatic carbocycles. The monoisotopic (exact) mass is 584 g/mol. The van der Waals surface area contributed by atoms with Gasteiger partial charge in [-0.3, -0.25) is 19.4 Å². The Bertz CT molecular complexity index is 995. The molecule has 10 nitrogen and oxygen atoms in total. The third-order valence-corrected chi connectivity index (χ3v) is 7.50. The molecule has 2 unspecified atom stereocenters. The van der Waals surface area contributed by atoms with Crippen molar-refractivity contribution in [3.05, 3.63) is 59.7 Å².